The summed E-state index contributed by atoms with van der Waals surface area (Å²) < 4.78 is 2.06. The number of piperidine rings is 1. The lowest BCUT2D eigenvalue weighted by atomic mass is 9.85. The minimum absolute atomic E-state index is 0.0436. The third kappa shape index (κ3) is 5.51. The summed E-state index contributed by atoms with van der Waals surface area (Å²) >= 11 is 13.0. The van der Waals surface area contributed by atoms with E-state index < -0.39 is 0 Å². The van der Waals surface area contributed by atoms with Gasteiger partial charge in [0.05, 0.1) is 33.6 Å². The number of anilines is 3. The molecule has 38 heavy (non-hydrogen) atoms. The zero-order valence-corrected chi connectivity index (χ0v) is 22.8. The molecule has 3 heterocycles. The number of nitrogens with two attached hydrogens (primary N) is 1. The topological polar surface area (TPSA) is 138 Å². The number of imidazole rings is 1. The number of halogens is 2. The number of hydrogen-bond donors (Lipinski definition) is 3. The van der Waals surface area contributed by atoms with E-state index in [1.807, 2.05) is 0 Å². The van der Waals surface area contributed by atoms with Crippen LogP contribution in [0.4, 0.5) is 17.6 Å². The molecule has 1 aromatic carbocycles. The highest BCUT2D eigenvalue weighted by Gasteiger charge is 2.30. The molecule has 1 aliphatic carbocycles. The Labute approximate surface area is 231 Å². The lowest BCUT2D eigenvalue weighted by Crippen LogP contribution is -2.42. The van der Waals surface area contributed by atoms with E-state index in [1.165, 1.54) is 0 Å². The highest BCUT2D eigenvalue weighted by atomic mass is 35.5. The Kier molecular flexibility index (Phi) is 7.88. The molecular formula is C26H31Cl2N9O. The van der Waals surface area contributed by atoms with Crippen molar-refractivity contribution in [2.24, 2.45) is 11.7 Å². The number of benzene rings is 1. The van der Waals surface area contributed by atoms with Gasteiger partial charge in [-0.1, -0.05) is 30.1 Å². The first-order chi connectivity index (χ1) is 18.4. The van der Waals surface area contributed by atoms with Crippen LogP contribution in [0.3, 0.4) is 0 Å². The van der Waals surface area contributed by atoms with Gasteiger partial charge < -0.3 is 21.3 Å². The summed E-state index contributed by atoms with van der Waals surface area (Å²) in [5, 5.41) is 16.7. The monoisotopic (exact) mass is 555 g/mol. The van der Waals surface area contributed by atoms with Gasteiger partial charge in [-0.15, -0.1) is 0 Å². The molecule has 2 fully saturated rings. The summed E-state index contributed by atoms with van der Waals surface area (Å²) in [7, 11) is 0. The predicted octanol–water partition coefficient (Wildman–Crippen LogP) is 4.86. The molecule has 1 saturated heterocycles. The second kappa shape index (κ2) is 11.3. The van der Waals surface area contributed by atoms with E-state index in [2.05, 4.69) is 38.1 Å². The van der Waals surface area contributed by atoms with Gasteiger partial charge >= 0.3 is 0 Å². The zero-order chi connectivity index (χ0) is 26.8. The van der Waals surface area contributed by atoms with Crippen molar-refractivity contribution in [3.05, 3.63) is 33.9 Å². The smallest absolute Gasteiger partial charge is 0.225 e. The van der Waals surface area contributed by atoms with Crippen molar-refractivity contribution in [2.45, 2.75) is 57.5 Å². The normalized spacial score (nSPS) is 22.2. The van der Waals surface area contributed by atoms with Crippen LogP contribution in [0, 0.1) is 17.2 Å². The Hall–Kier alpha value is -3.13. The first kappa shape index (κ1) is 26.5. The molecule has 2 aromatic heterocycles. The molecule has 0 bridgehead atoms. The Bertz CT molecular complexity index is 1350. The molecule has 200 valence electrons. The molecule has 10 nitrogen and oxygen atoms in total. The number of hydrogen-bond acceptors (Lipinski definition) is 8. The highest BCUT2D eigenvalue weighted by Crippen LogP contribution is 2.39. The van der Waals surface area contributed by atoms with Crippen molar-refractivity contribution < 1.29 is 4.79 Å². The standard InChI is InChI=1S/C26H31Cl2N9O/c1-2-36-9-3-4-17(14-36)32-25-31-13-21-24(35-25)37(18-7-5-16(6-8-18)23(30)38)26(33-21)34-22-19(27)10-15(12-29)11-20(22)28/h10-11,13,16-18H,2-9,14H2,1H3,(H2,30,38)(H,33,34)(H,31,32,35)/t16?,17-,18?/m1/s1. The maximum absolute atomic E-state index is 11.8. The summed E-state index contributed by atoms with van der Waals surface area (Å²) in [5.41, 5.74) is 7.74. The first-order valence-electron chi connectivity index (χ1n) is 13.1. The van der Waals surface area contributed by atoms with Gasteiger partial charge in [0.15, 0.2) is 5.65 Å². The molecule has 1 amide bonds. The number of likely N-dealkylation sites (N-methyl/N-ethyl adjacent to an activating group) is 1. The van der Waals surface area contributed by atoms with Gasteiger partial charge in [0, 0.05) is 24.5 Å². The van der Waals surface area contributed by atoms with E-state index in [-0.39, 0.29) is 23.9 Å². The van der Waals surface area contributed by atoms with Crippen LogP contribution in [0.2, 0.25) is 10.0 Å². The SMILES string of the molecule is CCN1CCC[C@@H](Nc2ncc3nc(Nc4c(Cl)cc(C#N)cc4Cl)n(C4CCC(C(N)=O)CC4)c3n2)C1. The van der Waals surface area contributed by atoms with Gasteiger partial charge in [-0.2, -0.15) is 10.2 Å². The lowest BCUT2D eigenvalue weighted by Gasteiger charge is -2.32. The Morgan fingerprint density at radius 1 is 1.18 bits per heavy atom. The van der Waals surface area contributed by atoms with E-state index >= 15 is 0 Å². The number of likely N-dealkylation sites (tertiary alicyclic amines) is 1. The van der Waals surface area contributed by atoms with Crippen molar-refractivity contribution >= 4 is 57.9 Å². The van der Waals surface area contributed by atoms with E-state index in [9.17, 15) is 10.1 Å². The second-order valence-corrected chi connectivity index (χ2v) is 10.9. The average Bonchev–Trinajstić information content (AvgIpc) is 3.28. The number of nitriles is 1. The van der Waals surface area contributed by atoms with Crippen LogP contribution in [0.15, 0.2) is 18.3 Å². The van der Waals surface area contributed by atoms with E-state index in [0.717, 1.165) is 45.3 Å². The van der Waals surface area contributed by atoms with Gasteiger partial charge in [0.1, 0.15) is 5.52 Å². The minimum Gasteiger partial charge on any atom is -0.369 e. The Morgan fingerprint density at radius 3 is 2.58 bits per heavy atom. The van der Waals surface area contributed by atoms with Crippen LogP contribution in [-0.2, 0) is 4.79 Å². The number of aromatic nitrogens is 4. The molecule has 0 unspecified atom stereocenters. The van der Waals surface area contributed by atoms with E-state index in [4.69, 9.17) is 38.9 Å². The molecule has 1 saturated carbocycles. The van der Waals surface area contributed by atoms with Gasteiger partial charge in [-0.3, -0.25) is 9.36 Å². The summed E-state index contributed by atoms with van der Waals surface area (Å²) in [6.45, 7) is 5.27. The van der Waals surface area contributed by atoms with Crippen LogP contribution in [0.25, 0.3) is 11.2 Å². The molecule has 5 rings (SSSR count). The molecule has 0 radical (unpaired) electrons. The fraction of sp³-hybridized carbons (Fsp3) is 0.500. The zero-order valence-electron chi connectivity index (χ0n) is 21.3. The number of nitrogens with zero attached hydrogens (tertiary/aromatic N) is 6. The van der Waals surface area contributed by atoms with Crippen LogP contribution in [0.1, 0.15) is 57.1 Å². The predicted molar refractivity (Wildman–Crippen MR) is 149 cm³/mol. The van der Waals surface area contributed by atoms with Gasteiger partial charge in [-0.05, 0) is 63.7 Å². The third-order valence-corrected chi connectivity index (χ3v) is 8.19. The third-order valence-electron chi connectivity index (χ3n) is 7.59. The highest BCUT2D eigenvalue weighted by molar-refractivity contribution is 6.39. The van der Waals surface area contributed by atoms with Crippen LogP contribution >= 0.6 is 23.2 Å². The Morgan fingerprint density at radius 2 is 1.92 bits per heavy atom. The second-order valence-electron chi connectivity index (χ2n) is 10.0. The first-order valence-corrected chi connectivity index (χ1v) is 13.8. The molecule has 0 spiro atoms. The summed E-state index contributed by atoms with van der Waals surface area (Å²) in [5.74, 6) is 0.709. The molecule has 1 atom stereocenters. The molecule has 4 N–H and O–H groups in total. The van der Waals surface area contributed by atoms with Gasteiger partial charge in [-0.25, -0.2) is 9.97 Å². The van der Waals surface area contributed by atoms with Crippen molar-refractivity contribution in [2.75, 3.05) is 30.3 Å². The number of carbonyl (C=O) groups is 1. The van der Waals surface area contributed by atoms with Crippen LogP contribution in [0.5, 0.6) is 0 Å². The molecule has 1 aliphatic heterocycles. The van der Waals surface area contributed by atoms with E-state index in [0.29, 0.717) is 57.2 Å². The molecule has 3 aromatic rings. The fourth-order valence-electron chi connectivity index (χ4n) is 5.53. The minimum atomic E-state index is -0.254. The van der Waals surface area contributed by atoms with E-state index in [1.54, 1.807) is 18.3 Å². The fourth-order valence-corrected chi connectivity index (χ4v) is 6.11. The van der Waals surface area contributed by atoms with Gasteiger partial charge in [0.25, 0.3) is 0 Å². The van der Waals surface area contributed by atoms with Crippen molar-refractivity contribution in [1.29, 1.82) is 5.26 Å². The number of rotatable bonds is 7. The number of amides is 1. The number of fused-ring (bicyclic) bond motifs is 1. The van der Waals surface area contributed by atoms with Crippen molar-refractivity contribution in [3.8, 4) is 6.07 Å². The van der Waals surface area contributed by atoms with Crippen molar-refractivity contribution in [1.82, 2.24) is 24.4 Å². The maximum atomic E-state index is 11.8. The number of primary amides is 1. The summed E-state index contributed by atoms with van der Waals surface area (Å²) in [6, 6.07) is 5.50. The van der Waals surface area contributed by atoms with Gasteiger partial charge in [0.2, 0.25) is 17.8 Å². The molecular weight excluding hydrogens is 525 g/mol. The number of carbonyl (C=O) groups excluding carboxylic acids is 1. The largest absolute Gasteiger partial charge is 0.369 e. The summed E-state index contributed by atoms with van der Waals surface area (Å²) in [6.07, 6.45) is 6.83. The van der Waals surface area contributed by atoms with Crippen LogP contribution in [-0.4, -0.2) is 56.0 Å². The maximum Gasteiger partial charge on any atom is 0.225 e. The van der Waals surface area contributed by atoms with Crippen molar-refractivity contribution in [3.63, 3.8) is 0 Å². The Balaban J connectivity index is 1.51. The lowest BCUT2D eigenvalue weighted by molar-refractivity contribution is -0.122. The quantitative estimate of drug-likeness (QED) is 0.375. The molecule has 12 heteroatoms. The molecule has 2 aliphatic rings. The number of nitrogens with one attached hydrogen (secondary N) is 2. The summed E-state index contributed by atoms with van der Waals surface area (Å²) in [4.78, 5) is 28.5. The van der Waals surface area contributed by atoms with Crippen LogP contribution < -0.4 is 16.4 Å². The average molecular weight is 557 g/mol.